The van der Waals surface area contributed by atoms with E-state index in [0.717, 1.165) is 6.42 Å². The molecular formula is C12H18FNO2. The van der Waals surface area contributed by atoms with Crippen molar-refractivity contribution in [2.24, 2.45) is 5.73 Å². The number of rotatable bonds is 6. The highest BCUT2D eigenvalue weighted by Gasteiger charge is 2.13. The number of methoxy groups -OCH3 is 2. The minimum absolute atomic E-state index is 0.241. The van der Waals surface area contributed by atoms with E-state index >= 15 is 0 Å². The average Bonchev–Trinajstić information content (AvgIpc) is 2.30. The third kappa shape index (κ3) is 2.93. The molecule has 0 unspecified atom stereocenters. The van der Waals surface area contributed by atoms with Gasteiger partial charge in [-0.1, -0.05) is 6.07 Å². The molecule has 0 bridgehead atoms. The zero-order chi connectivity index (χ0) is 12.0. The molecule has 0 amide bonds. The Labute approximate surface area is 95.4 Å². The van der Waals surface area contributed by atoms with Gasteiger partial charge in [-0.3, -0.25) is 0 Å². The predicted molar refractivity (Wildman–Crippen MR) is 61.0 cm³/mol. The summed E-state index contributed by atoms with van der Waals surface area (Å²) in [5.41, 5.74) is 6.56. The van der Waals surface area contributed by atoms with Crippen molar-refractivity contribution in [1.29, 1.82) is 0 Å². The van der Waals surface area contributed by atoms with Gasteiger partial charge < -0.3 is 15.2 Å². The zero-order valence-corrected chi connectivity index (χ0v) is 9.75. The molecule has 0 radical (unpaired) electrons. The molecule has 0 spiro atoms. The first-order valence-electron chi connectivity index (χ1n) is 5.27. The summed E-state index contributed by atoms with van der Waals surface area (Å²) in [7, 11) is 3.08. The smallest absolute Gasteiger partial charge is 0.135 e. The van der Waals surface area contributed by atoms with Gasteiger partial charge in [0, 0.05) is 18.2 Å². The second kappa shape index (κ2) is 6.45. The lowest BCUT2D eigenvalue weighted by Crippen LogP contribution is -2.05. The summed E-state index contributed by atoms with van der Waals surface area (Å²) < 4.78 is 24.1. The Morgan fingerprint density at radius 1 is 1.31 bits per heavy atom. The quantitative estimate of drug-likeness (QED) is 0.807. The first kappa shape index (κ1) is 12.9. The topological polar surface area (TPSA) is 44.5 Å². The van der Waals surface area contributed by atoms with Crippen LogP contribution >= 0.6 is 0 Å². The van der Waals surface area contributed by atoms with Gasteiger partial charge in [-0.15, -0.1) is 0 Å². The second-order valence-electron chi connectivity index (χ2n) is 3.54. The van der Waals surface area contributed by atoms with Crippen LogP contribution in [0.25, 0.3) is 0 Å². The van der Waals surface area contributed by atoms with E-state index < -0.39 is 0 Å². The molecule has 3 nitrogen and oxygen atoms in total. The number of halogens is 1. The van der Waals surface area contributed by atoms with Crippen molar-refractivity contribution in [2.75, 3.05) is 20.8 Å². The minimum Gasteiger partial charge on any atom is -0.496 e. The van der Waals surface area contributed by atoms with E-state index in [2.05, 4.69) is 0 Å². The molecule has 0 aliphatic carbocycles. The Balaban J connectivity index is 3.02. The van der Waals surface area contributed by atoms with Crippen molar-refractivity contribution >= 4 is 0 Å². The molecule has 1 rings (SSSR count). The maximum atomic E-state index is 14.0. The molecule has 2 N–H and O–H groups in total. The lowest BCUT2D eigenvalue weighted by Gasteiger charge is -2.12. The SMILES string of the molecule is COCc1ccc(OC)c(CCCN)c1F. The second-order valence-corrected chi connectivity index (χ2v) is 3.54. The van der Waals surface area contributed by atoms with Crippen LogP contribution in [0.15, 0.2) is 12.1 Å². The lowest BCUT2D eigenvalue weighted by molar-refractivity contribution is 0.181. The molecular weight excluding hydrogens is 209 g/mol. The molecule has 16 heavy (non-hydrogen) atoms. The van der Waals surface area contributed by atoms with Gasteiger partial charge in [-0.25, -0.2) is 4.39 Å². The van der Waals surface area contributed by atoms with Crippen LogP contribution in [0.4, 0.5) is 4.39 Å². The van der Waals surface area contributed by atoms with Crippen LogP contribution < -0.4 is 10.5 Å². The minimum atomic E-state index is -0.241. The summed E-state index contributed by atoms with van der Waals surface area (Å²) in [5.74, 6) is 0.334. The molecule has 0 heterocycles. The highest BCUT2D eigenvalue weighted by Crippen LogP contribution is 2.25. The van der Waals surface area contributed by atoms with Crippen molar-refractivity contribution in [1.82, 2.24) is 0 Å². The molecule has 0 saturated heterocycles. The highest BCUT2D eigenvalue weighted by atomic mass is 19.1. The fraction of sp³-hybridized carbons (Fsp3) is 0.500. The zero-order valence-electron chi connectivity index (χ0n) is 9.75. The fourth-order valence-corrected chi connectivity index (χ4v) is 1.62. The van der Waals surface area contributed by atoms with Gasteiger partial charge in [0.05, 0.1) is 13.7 Å². The molecule has 0 aliphatic heterocycles. The standard InChI is InChI=1S/C12H18FNO2/c1-15-8-9-5-6-11(16-2)10(12(9)13)4-3-7-14/h5-6H,3-4,7-8,14H2,1-2H3. The van der Waals surface area contributed by atoms with E-state index in [0.29, 0.717) is 29.8 Å². The summed E-state index contributed by atoms with van der Waals surface area (Å²) in [5, 5.41) is 0. The van der Waals surface area contributed by atoms with Crippen molar-refractivity contribution in [3.63, 3.8) is 0 Å². The average molecular weight is 227 g/mol. The van der Waals surface area contributed by atoms with E-state index in [1.165, 1.54) is 7.11 Å². The predicted octanol–water partition coefficient (Wildman–Crippen LogP) is 1.87. The Hall–Kier alpha value is -1.13. The fourth-order valence-electron chi connectivity index (χ4n) is 1.62. The molecule has 0 atom stereocenters. The third-order valence-corrected chi connectivity index (χ3v) is 2.43. The van der Waals surface area contributed by atoms with Gasteiger partial charge in [0.15, 0.2) is 0 Å². The van der Waals surface area contributed by atoms with Crippen molar-refractivity contribution < 1.29 is 13.9 Å². The van der Waals surface area contributed by atoms with E-state index in [-0.39, 0.29) is 12.4 Å². The first-order chi connectivity index (χ1) is 7.74. The van der Waals surface area contributed by atoms with Crippen molar-refractivity contribution in [3.05, 3.63) is 29.1 Å². The molecule has 4 heteroatoms. The Morgan fingerprint density at radius 3 is 2.62 bits per heavy atom. The van der Waals surface area contributed by atoms with Crippen LogP contribution in [-0.4, -0.2) is 20.8 Å². The van der Waals surface area contributed by atoms with Crippen LogP contribution in [0.1, 0.15) is 17.5 Å². The third-order valence-electron chi connectivity index (χ3n) is 2.43. The molecule has 90 valence electrons. The monoisotopic (exact) mass is 227 g/mol. The largest absolute Gasteiger partial charge is 0.496 e. The molecule has 1 aromatic rings. The van der Waals surface area contributed by atoms with Crippen LogP contribution in [0.3, 0.4) is 0 Å². The molecule has 0 saturated carbocycles. The summed E-state index contributed by atoms with van der Waals surface area (Å²) in [4.78, 5) is 0. The van der Waals surface area contributed by atoms with Crippen molar-refractivity contribution in [3.8, 4) is 5.75 Å². The number of ether oxygens (including phenoxy) is 2. The van der Waals surface area contributed by atoms with Gasteiger partial charge >= 0.3 is 0 Å². The molecule has 1 aromatic carbocycles. The maximum absolute atomic E-state index is 14.0. The normalized spacial score (nSPS) is 10.5. The van der Waals surface area contributed by atoms with E-state index in [9.17, 15) is 4.39 Å². The number of hydrogen-bond donors (Lipinski definition) is 1. The molecule has 0 aliphatic rings. The van der Waals surface area contributed by atoms with Crippen LogP contribution in [0.5, 0.6) is 5.75 Å². The van der Waals surface area contributed by atoms with Gasteiger partial charge in [-0.2, -0.15) is 0 Å². The van der Waals surface area contributed by atoms with E-state index in [1.54, 1.807) is 19.2 Å². The summed E-state index contributed by atoms with van der Waals surface area (Å²) in [6.45, 7) is 0.808. The van der Waals surface area contributed by atoms with Gasteiger partial charge in [-0.05, 0) is 25.5 Å². The van der Waals surface area contributed by atoms with E-state index in [4.69, 9.17) is 15.2 Å². The number of nitrogens with two attached hydrogens (primary N) is 1. The van der Waals surface area contributed by atoms with Gasteiger partial charge in [0.25, 0.3) is 0 Å². The van der Waals surface area contributed by atoms with Crippen LogP contribution in [-0.2, 0) is 17.8 Å². The van der Waals surface area contributed by atoms with E-state index in [1.807, 2.05) is 0 Å². The number of benzene rings is 1. The van der Waals surface area contributed by atoms with Crippen molar-refractivity contribution in [2.45, 2.75) is 19.4 Å². The summed E-state index contributed by atoms with van der Waals surface area (Å²) in [6.07, 6.45) is 1.33. The Bertz CT molecular complexity index is 342. The van der Waals surface area contributed by atoms with Crippen LogP contribution in [0, 0.1) is 5.82 Å². The van der Waals surface area contributed by atoms with Gasteiger partial charge in [0.2, 0.25) is 0 Å². The van der Waals surface area contributed by atoms with Gasteiger partial charge in [0.1, 0.15) is 11.6 Å². The Morgan fingerprint density at radius 2 is 2.06 bits per heavy atom. The molecule has 0 aromatic heterocycles. The maximum Gasteiger partial charge on any atom is 0.135 e. The summed E-state index contributed by atoms with van der Waals surface area (Å²) >= 11 is 0. The number of hydrogen-bond acceptors (Lipinski definition) is 3. The highest BCUT2D eigenvalue weighted by molar-refractivity contribution is 5.39. The van der Waals surface area contributed by atoms with Crippen LogP contribution in [0.2, 0.25) is 0 Å². The molecule has 0 fully saturated rings. The lowest BCUT2D eigenvalue weighted by atomic mass is 10.0. The first-order valence-corrected chi connectivity index (χ1v) is 5.27. The summed E-state index contributed by atoms with van der Waals surface area (Å²) in [6, 6.07) is 3.45. The Kier molecular flexibility index (Phi) is 5.22.